The Hall–Kier alpha value is -0.834. The van der Waals surface area contributed by atoms with Crippen LogP contribution in [0.15, 0.2) is 30.5 Å². The molecule has 103 valence electrons. The van der Waals surface area contributed by atoms with Crippen molar-refractivity contribution in [3.8, 4) is 11.3 Å². The first-order valence-corrected chi connectivity index (χ1v) is 9.27. The monoisotopic (exact) mass is 454 g/mol. The molecule has 4 heteroatoms. The molecule has 0 aliphatic carbocycles. The van der Waals surface area contributed by atoms with Crippen LogP contribution in [-0.2, 0) is 20.1 Å². The van der Waals surface area contributed by atoms with Crippen molar-refractivity contribution in [1.29, 1.82) is 0 Å². The molecule has 0 amide bonds. The normalized spacial score (nSPS) is 14.0. The summed E-state index contributed by atoms with van der Waals surface area (Å²) in [6.07, 6.45) is 1.65. The van der Waals surface area contributed by atoms with Gasteiger partial charge in [-0.2, -0.15) is 0 Å². The predicted octanol–water partition coefficient (Wildman–Crippen LogP) is 3.54. The van der Waals surface area contributed by atoms with Crippen molar-refractivity contribution < 1.29 is 28.6 Å². The molecule has 1 radical (unpaired) electrons. The van der Waals surface area contributed by atoms with Crippen LogP contribution in [0.4, 0.5) is 4.39 Å². The van der Waals surface area contributed by atoms with E-state index in [9.17, 15) is 4.39 Å². The molecule has 0 fully saturated rings. The molecule has 2 rings (SSSR count). The summed E-state index contributed by atoms with van der Waals surface area (Å²) in [4.78, 5) is 4.35. The molecule has 0 atom stereocenters. The van der Waals surface area contributed by atoms with Gasteiger partial charge in [-0.15, -0.1) is 29.8 Å². The molecule has 0 saturated carbocycles. The number of pyridine rings is 1. The third-order valence-corrected chi connectivity index (χ3v) is 4.78. The fourth-order valence-corrected chi connectivity index (χ4v) is 3.10. The number of hydrogen-bond acceptors (Lipinski definition) is 1. The maximum atomic E-state index is 13.0. The van der Waals surface area contributed by atoms with Crippen LogP contribution in [0.1, 0.15) is 9.68 Å². The molecule has 1 heterocycles. The molecule has 2 aromatic rings. The molecule has 0 saturated heterocycles. The van der Waals surface area contributed by atoms with Crippen molar-refractivity contribution in [1.82, 2.24) is 4.98 Å². The number of aromatic nitrogens is 1. The molecule has 0 bridgehead atoms. The van der Waals surface area contributed by atoms with E-state index in [-0.39, 0.29) is 25.9 Å². The minimum Gasteiger partial charge on any atom is -0.305 e. The van der Waals surface area contributed by atoms with Gasteiger partial charge in [0.05, 0.1) is 8.07 Å². The van der Waals surface area contributed by atoms with Gasteiger partial charge in [0.1, 0.15) is 0 Å². The van der Waals surface area contributed by atoms with E-state index in [1.165, 1.54) is 12.1 Å². The van der Waals surface area contributed by atoms with Crippen LogP contribution in [0.2, 0.25) is 19.6 Å². The zero-order valence-corrected chi connectivity index (χ0v) is 14.4. The molecular formula is C15H17FIrNSi-. The topological polar surface area (TPSA) is 12.9 Å². The quantitative estimate of drug-likeness (QED) is 0.501. The van der Waals surface area contributed by atoms with Gasteiger partial charge in [-0.05, 0) is 17.7 Å². The number of halogens is 1. The first-order valence-electron chi connectivity index (χ1n) is 7.27. The van der Waals surface area contributed by atoms with Gasteiger partial charge in [-0.25, -0.2) is 0 Å². The molecule has 1 aromatic carbocycles. The second-order valence-corrected chi connectivity index (χ2v) is 10.3. The fraction of sp³-hybridized carbons (Fsp3) is 0.267. The molecule has 0 aliphatic rings. The zero-order chi connectivity index (χ0) is 15.8. The van der Waals surface area contributed by atoms with Crippen LogP contribution in [0.5, 0.6) is 0 Å². The Balaban J connectivity index is 0.00000242. The van der Waals surface area contributed by atoms with Crippen LogP contribution in [-0.4, -0.2) is 13.1 Å². The third kappa shape index (κ3) is 3.82. The second kappa shape index (κ2) is 6.08. The molecule has 0 aliphatic heterocycles. The first kappa shape index (κ1) is 11.9. The van der Waals surface area contributed by atoms with E-state index in [0.29, 0.717) is 16.8 Å². The van der Waals surface area contributed by atoms with Gasteiger partial charge in [0.15, 0.2) is 0 Å². The van der Waals surface area contributed by atoms with Gasteiger partial charge in [-0.1, -0.05) is 31.3 Å². The van der Waals surface area contributed by atoms with E-state index in [0.717, 1.165) is 5.19 Å². The molecule has 1 nitrogen and oxygen atoms in total. The summed E-state index contributed by atoms with van der Waals surface area (Å²) in [5.74, 6) is -0.381. The number of nitrogens with zero attached hydrogens (tertiary/aromatic N) is 1. The van der Waals surface area contributed by atoms with Crippen molar-refractivity contribution in [2.24, 2.45) is 0 Å². The van der Waals surface area contributed by atoms with Gasteiger partial charge < -0.3 is 4.98 Å². The Bertz CT molecular complexity index is 651. The van der Waals surface area contributed by atoms with Gasteiger partial charge in [0.2, 0.25) is 0 Å². The van der Waals surface area contributed by atoms with Gasteiger partial charge in [0, 0.05) is 36.2 Å². The average Bonchev–Trinajstić information content (AvgIpc) is 2.37. The van der Waals surface area contributed by atoms with E-state index < -0.39 is 14.9 Å². The molecule has 19 heavy (non-hydrogen) atoms. The van der Waals surface area contributed by atoms with Crippen LogP contribution in [0.3, 0.4) is 0 Å². The summed E-state index contributed by atoms with van der Waals surface area (Å²) in [6, 6.07) is 8.45. The molecule has 0 N–H and O–H groups in total. The molecular weight excluding hydrogens is 433 g/mol. The number of hydrogen-bond donors (Lipinski definition) is 0. The SMILES string of the molecule is [2H]C([2H])([2H])c1cc(-c2[c-]cc(F)cc2)ncc1[Si](C)(C)C.[Ir]. The van der Waals surface area contributed by atoms with E-state index in [4.69, 9.17) is 4.11 Å². The Morgan fingerprint density at radius 3 is 2.58 bits per heavy atom. The smallest absolute Gasteiger partial charge is 0.0798 e. The summed E-state index contributed by atoms with van der Waals surface area (Å²) in [6.45, 7) is 4.07. The van der Waals surface area contributed by atoms with E-state index in [2.05, 4.69) is 30.7 Å². The van der Waals surface area contributed by atoms with E-state index in [1.807, 2.05) is 0 Å². The Morgan fingerprint density at radius 2 is 2.05 bits per heavy atom. The molecule has 1 aromatic heterocycles. The third-order valence-electron chi connectivity index (χ3n) is 2.76. The number of benzene rings is 1. The summed E-state index contributed by atoms with van der Waals surface area (Å²) in [5, 5.41) is 0.827. The maximum Gasteiger partial charge on any atom is 0.0798 e. The zero-order valence-electron chi connectivity index (χ0n) is 14.0. The standard InChI is InChI=1S/C15H17FNSi.Ir/c1-11-9-14(12-5-7-13(16)8-6-12)17-10-15(11)18(2,3)4;/h5,7-10H,1-4H3;/q-1;/i1D3;. The molecule has 0 unspecified atom stereocenters. The Labute approximate surface area is 132 Å². The predicted molar refractivity (Wildman–Crippen MR) is 76.2 cm³/mol. The van der Waals surface area contributed by atoms with E-state index in [1.54, 1.807) is 18.3 Å². The van der Waals surface area contributed by atoms with Crippen molar-refractivity contribution in [2.75, 3.05) is 0 Å². The van der Waals surface area contributed by atoms with Gasteiger partial charge in [-0.3, -0.25) is 4.39 Å². The van der Waals surface area contributed by atoms with E-state index >= 15 is 0 Å². The Kier molecular flexibility index (Phi) is 3.82. The minimum absolute atomic E-state index is 0. The van der Waals surface area contributed by atoms with Crippen LogP contribution in [0, 0.1) is 18.7 Å². The second-order valence-electron chi connectivity index (χ2n) is 5.29. The van der Waals surface area contributed by atoms with Crippen molar-refractivity contribution in [3.63, 3.8) is 0 Å². The van der Waals surface area contributed by atoms with Gasteiger partial charge in [0.25, 0.3) is 0 Å². The first-order chi connectivity index (χ1) is 9.59. The van der Waals surface area contributed by atoms with Crippen LogP contribution in [0.25, 0.3) is 11.3 Å². The Morgan fingerprint density at radius 1 is 1.32 bits per heavy atom. The largest absolute Gasteiger partial charge is 0.305 e. The minimum atomic E-state index is -2.19. The number of aryl methyl sites for hydroxylation is 1. The summed E-state index contributed by atoms with van der Waals surface area (Å²) < 4.78 is 36.2. The van der Waals surface area contributed by atoms with Crippen molar-refractivity contribution >= 4 is 13.3 Å². The van der Waals surface area contributed by atoms with Crippen LogP contribution >= 0.6 is 0 Å². The average molecular weight is 454 g/mol. The van der Waals surface area contributed by atoms with Crippen LogP contribution < -0.4 is 5.19 Å². The number of rotatable bonds is 2. The summed E-state index contributed by atoms with van der Waals surface area (Å²) >= 11 is 0. The van der Waals surface area contributed by atoms with Gasteiger partial charge >= 0.3 is 0 Å². The summed E-state index contributed by atoms with van der Waals surface area (Å²) in [5.41, 5.74) is 1.43. The van der Waals surface area contributed by atoms with Crippen molar-refractivity contribution in [3.05, 3.63) is 47.9 Å². The maximum absolute atomic E-state index is 13.0. The molecule has 0 spiro atoms. The summed E-state index contributed by atoms with van der Waals surface area (Å²) in [7, 11) is -1.81. The fourth-order valence-electron chi connectivity index (χ4n) is 1.77. The van der Waals surface area contributed by atoms with Crippen molar-refractivity contribution in [2.45, 2.75) is 26.5 Å².